The lowest BCUT2D eigenvalue weighted by atomic mass is 10.3. The van der Waals surface area contributed by atoms with Gasteiger partial charge in [-0.3, -0.25) is 9.36 Å². The van der Waals surface area contributed by atoms with Gasteiger partial charge in [-0.25, -0.2) is 4.39 Å². The Hall–Kier alpha value is -3.00. The van der Waals surface area contributed by atoms with Crippen molar-refractivity contribution in [1.82, 2.24) is 4.57 Å². The minimum atomic E-state index is -0.431. The lowest BCUT2D eigenvalue weighted by molar-refractivity contribution is 0.627. The molecular formula is C18H10FN3OS2. The molecule has 1 aromatic carbocycles. The van der Waals surface area contributed by atoms with E-state index in [1.54, 1.807) is 6.08 Å². The van der Waals surface area contributed by atoms with Crippen LogP contribution in [0.5, 0.6) is 0 Å². The Balaban J connectivity index is 2.41. The topological polar surface area (TPSA) is 69.6 Å². The summed E-state index contributed by atoms with van der Waals surface area (Å²) in [6.45, 7) is 1.94. The second kappa shape index (κ2) is 6.86. The highest BCUT2D eigenvalue weighted by atomic mass is 32.1. The van der Waals surface area contributed by atoms with E-state index in [4.69, 9.17) is 0 Å². The minimum Gasteiger partial charge on any atom is -0.267 e. The zero-order valence-corrected chi connectivity index (χ0v) is 14.6. The predicted molar refractivity (Wildman–Crippen MR) is 96.4 cm³/mol. The average molecular weight is 367 g/mol. The first kappa shape index (κ1) is 16.8. The zero-order chi connectivity index (χ0) is 18.0. The average Bonchev–Trinajstić information content (AvgIpc) is 3.15. The van der Waals surface area contributed by atoms with Gasteiger partial charge in [0.2, 0.25) is 0 Å². The SMILES string of the molecule is Cc1ccsc1/C=c1\sc(=C(C#N)C#N)n(-c2ccc(F)cc2)c1=O. The summed E-state index contributed by atoms with van der Waals surface area (Å²) in [7, 11) is 0. The molecule has 122 valence electrons. The fourth-order valence-electron chi connectivity index (χ4n) is 2.25. The van der Waals surface area contributed by atoms with Crippen molar-refractivity contribution in [3.8, 4) is 17.8 Å². The first-order chi connectivity index (χ1) is 12.0. The zero-order valence-electron chi connectivity index (χ0n) is 13.0. The van der Waals surface area contributed by atoms with Crippen LogP contribution in [0.2, 0.25) is 0 Å². The first-order valence-corrected chi connectivity index (χ1v) is 8.83. The van der Waals surface area contributed by atoms with Crippen LogP contribution in [0.3, 0.4) is 0 Å². The number of hydrogen-bond donors (Lipinski definition) is 0. The molecule has 0 spiro atoms. The molecule has 0 bridgehead atoms. The van der Waals surface area contributed by atoms with E-state index in [9.17, 15) is 19.7 Å². The number of nitrogens with zero attached hydrogens (tertiary/aromatic N) is 3. The number of thiophene rings is 1. The molecule has 3 rings (SSSR count). The third-order valence-corrected chi connectivity index (χ3v) is 5.57. The lowest BCUT2D eigenvalue weighted by Gasteiger charge is -2.01. The van der Waals surface area contributed by atoms with E-state index >= 15 is 0 Å². The molecule has 2 heterocycles. The van der Waals surface area contributed by atoms with Gasteiger partial charge in [0.25, 0.3) is 5.56 Å². The molecule has 0 N–H and O–H groups in total. The van der Waals surface area contributed by atoms with Crippen molar-refractivity contribution in [2.45, 2.75) is 6.92 Å². The normalized spacial score (nSPS) is 11.1. The Labute approximate surface area is 150 Å². The largest absolute Gasteiger partial charge is 0.273 e. The van der Waals surface area contributed by atoms with E-state index in [0.717, 1.165) is 21.8 Å². The summed E-state index contributed by atoms with van der Waals surface area (Å²) >= 11 is 2.58. The van der Waals surface area contributed by atoms with E-state index in [1.807, 2.05) is 30.5 Å². The van der Waals surface area contributed by atoms with Gasteiger partial charge in [-0.1, -0.05) is 0 Å². The van der Waals surface area contributed by atoms with E-state index in [-0.39, 0.29) is 15.8 Å². The molecule has 25 heavy (non-hydrogen) atoms. The summed E-state index contributed by atoms with van der Waals surface area (Å²) < 4.78 is 15.1. The van der Waals surface area contributed by atoms with Crippen LogP contribution < -0.4 is 14.8 Å². The van der Waals surface area contributed by atoms with E-state index < -0.39 is 5.82 Å². The van der Waals surface area contributed by atoms with Gasteiger partial charge in [-0.05, 0) is 54.3 Å². The van der Waals surface area contributed by atoms with Crippen molar-refractivity contribution < 1.29 is 4.39 Å². The molecule has 2 aromatic heterocycles. The summed E-state index contributed by atoms with van der Waals surface area (Å²) in [6.07, 6.45) is 1.75. The van der Waals surface area contributed by atoms with Crippen molar-refractivity contribution in [2.24, 2.45) is 0 Å². The van der Waals surface area contributed by atoms with Crippen LogP contribution in [-0.4, -0.2) is 4.57 Å². The molecule has 0 aliphatic rings. The van der Waals surface area contributed by atoms with Crippen molar-refractivity contribution in [3.63, 3.8) is 0 Å². The number of halogens is 1. The van der Waals surface area contributed by atoms with Crippen LogP contribution in [0.4, 0.5) is 4.39 Å². The second-order valence-corrected chi connectivity index (χ2v) is 7.08. The Bertz CT molecular complexity index is 1190. The van der Waals surface area contributed by atoms with Gasteiger partial charge < -0.3 is 0 Å². The Kier molecular flexibility index (Phi) is 4.62. The number of rotatable bonds is 2. The highest BCUT2D eigenvalue weighted by molar-refractivity contribution is 7.11. The molecule has 0 saturated heterocycles. The summed E-state index contributed by atoms with van der Waals surface area (Å²) in [6, 6.07) is 10.9. The van der Waals surface area contributed by atoms with Gasteiger partial charge in [0.15, 0.2) is 5.57 Å². The quantitative estimate of drug-likeness (QED) is 0.698. The maximum Gasteiger partial charge on any atom is 0.273 e. The predicted octanol–water partition coefficient (Wildman–Crippen LogP) is 2.43. The van der Waals surface area contributed by atoms with Crippen molar-refractivity contribution in [3.05, 3.63) is 71.5 Å². The molecule has 0 radical (unpaired) electrons. The van der Waals surface area contributed by atoms with Crippen molar-refractivity contribution in [2.75, 3.05) is 0 Å². The fraction of sp³-hybridized carbons (Fsp3) is 0.0556. The van der Waals surface area contributed by atoms with E-state index in [2.05, 4.69) is 0 Å². The number of aryl methyl sites for hydroxylation is 1. The molecule has 0 unspecified atom stereocenters. The van der Waals surface area contributed by atoms with Crippen LogP contribution in [0.15, 0.2) is 40.5 Å². The van der Waals surface area contributed by atoms with E-state index in [1.165, 1.54) is 40.2 Å². The smallest absolute Gasteiger partial charge is 0.267 e. The highest BCUT2D eigenvalue weighted by Crippen LogP contribution is 2.15. The summed E-state index contributed by atoms with van der Waals surface area (Å²) in [4.78, 5) is 13.8. The van der Waals surface area contributed by atoms with Gasteiger partial charge in [-0.15, -0.1) is 22.7 Å². The van der Waals surface area contributed by atoms with Gasteiger partial charge in [0.05, 0.1) is 10.2 Å². The van der Waals surface area contributed by atoms with Crippen LogP contribution >= 0.6 is 22.7 Å². The lowest BCUT2D eigenvalue weighted by Crippen LogP contribution is -2.30. The molecule has 0 saturated carbocycles. The standard InChI is InChI=1S/C18H10FN3OS2/c1-11-6-7-24-15(11)8-16-17(23)22(14-4-2-13(19)3-5-14)18(25-16)12(9-20)10-21/h2-8H,1H3/b16-8-. The monoisotopic (exact) mass is 367 g/mol. The Morgan fingerprint density at radius 2 is 1.88 bits per heavy atom. The molecule has 4 nitrogen and oxygen atoms in total. The minimum absolute atomic E-state index is 0.158. The van der Waals surface area contributed by atoms with Crippen LogP contribution in [0, 0.1) is 35.4 Å². The molecule has 0 amide bonds. The number of thiazole rings is 1. The van der Waals surface area contributed by atoms with E-state index in [0.29, 0.717) is 10.2 Å². The Morgan fingerprint density at radius 3 is 2.44 bits per heavy atom. The molecular weight excluding hydrogens is 357 g/mol. The summed E-state index contributed by atoms with van der Waals surface area (Å²) in [5, 5.41) is 20.3. The van der Waals surface area contributed by atoms with Gasteiger partial charge in [-0.2, -0.15) is 10.5 Å². The third-order valence-electron chi connectivity index (χ3n) is 3.51. The van der Waals surface area contributed by atoms with Crippen molar-refractivity contribution >= 4 is 34.3 Å². The van der Waals surface area contributed by atoms with Gasteiger partial charge in [0, 0.05) is 4.88 Å². The fourth-order valence-corrected chi connectivity index (χ4v) is 4.22. The summed E-state index contributed by atoms with van der Waals surface area (Å²) in [5.74, 6) is -0.431. The van der Waals surface area contributed by atoms with Gasteiger partial charge in [0.1, 0.15) is 22.6 Å². The molecule has 3 aromatic rings. The molecule has 0 aliphatic heterocycles. The molecule has 7 heteroatoms. The number of benzene rings is 1. The van der Waals surface area contributed by atoms with Gasteiger partial charge >= 0.3 is 0 Å². The van der Waals surface area contributed by atoms with Crippen LogP contribution in [-0.2, 0) is 0 Å². The Morgan fingerprint density at radius 1 is 1.20 bits per heavy atom. The third kappa shape index (κ3) is 3.16. The number of nitriles is 2. The van der Waals surface area contributed by atoms with Crippen LogP contribution in [0.1, 0.15) is 10.4 Å². The summed E-state index contributed by atoms with van der Waals surface area (Å²) in [5.41, 5.74) is 0.942. The molecule has 0 atom stereocenters. The van der Waals surface area contributed by atoms with Crippen molar-refractivity contribution in [1.29, 1.82) is 10.5 Å². The maximum absolute atomic E-state index is 13.2. The molecule has 0 fully saturated rings. The first-order valence-electron chi connectivity index (χ1n) is 7.13. The second-order valence-electron chi connectivity index (χ2n) is 5.10. The highest BCUT2D eigenvalue weighted by Gasteiger charge is 2.11. The number of aromatic nitrogens is 1. The molecule has 0 aliphatic carbocycles. The number of hydrogen-bond acceptors (Lipinski definition) is 5. The maximum atomic E-state index is 13.2. The van der Waals surface area contributed by atoms with Crippen LogP contribution in [0.25, 0.3) is 17.3 Å².